The molecule has 204 valence electrons. The van der Waals surface area contributed by atoms with Crippen LogP contribution in [0, 0.1) is 0 Å². The summed E-state index contributed by atoms with van der Waals surface area (Å²) in [4.78, 5) is 31.9. The Balaban J connectivity index is 1.39. The summed E-state index contributed by atoms with van der Waals surface area (Å²) in [6.07, 6.45) is 2.45. The standard InChI is InChI=1S/C28H36N4O6/c33-17-5-11-31(12-6-17)15-9-29-19-1-2-20(30-10-16-32-13-7-18(34)8-14-32)24-23(19)27(37)25-21(35)3-4-22(36)26(25)28(24)38/h1-4,17-18,29-30,33-36H,5-16H2. The highest BCUT2D eigenvalue weighted by atomic mass is 16.3. The van der Waals surface area contributed by atoms with Gasteiger partial charge in [0.1, 0.15) is 11.5 Å². The maximum Gasteiger partial charge on any atom is 0.200 e. The maximum absolute atomic E-state index is 13.7. The molecule has 5 rings (SSSR count). The van der Waals surface area contributed by atoms with E-state index in [1.54, 1.807) is 12.1 Å². The number of aliphatic hydroxyl groups excluding tert-OH is 2. The molecule has 2 aromatic carbocycles. The number of aromatic hydroxyl groups is 2. The molecule has 0 bridgehead atoms. The molecule has 38 heavy (non-hydrogen) atoms. The molecule has 2 aliphatic heterocycles. The minimum atomic E-state index is -0.514. The number of benzene rings is 2. The summed E-state index contributed by atoms with van der Waals surface area (Å²) in [6.45, 7) is 5.73. The third-order valence-electron chi connectivity index (χ3n) is 7.88. The van der Waals surface area contributed by atoms with Gasteiger partial charge in [-0.05, 0) is 49.9 Å². The highest BCUT2D eigenvalue weighted by molar-refractivity contribution is 6.33. The van der Waals surface area contributed by atoms with Crippen LogP contribution in [0.3, 0.4) is 0 Å². The van der Waals surface area contributed by atoms with E-state index in [-0.39, 0.29) is 46.0 Å². The van der Waals surface area contributed by atoms with Gasteiger partial charge in [-0.15, -0.1) is 0 Å². The molecule has 0 amide bonds. The van der Waals surface area contributed by atoms with Crippen LogP contribution in [0.1, 0.15) is 57.5 Å². The highest BCUT2D eigenvalue weighted by Gasteiger charge is 2.38. The monoisotopic (exact) mass is 524 g/mol. The van der Waals surface area contributed by atoms with Crippen molar-refractivity contribution in [2.45, 2.75) is 37.9 Å². The number of carbonyl (C=O) groups is 2. The van der Waals surface area contributed by atoms with Crippen LogP contribution >= 0.6 is 0 Å². The molecule has 10 heteroatoms. The first kappa shape index (κ1) is 26.4. The Morgan fingerprint density at radius 2 is 1.00 bits per heavy atom. The van der Waals surface area contributed by atoms with E-state index in [1.807, 2.05) is 0 Å². The summed E-state index contributed by atoms with van der Waals surface area (Å²) < 4.78 is 0. The number of nitrogens with zero attached hydrogens (tertiary/aromatic N) is 2. The fourth-order valence-corrected chi connectivity index (χ4v) is 5.64. The summed E-state index contributed by atoms with van der Waals surface area (Å²) >= 11 is 0. The van der Waals surface area contributed by atoms with E-state index in [2.05, 4.69) is 20.4 Å². The lowest BCUT2D eigenvalue weighted by Crippen LogP contribution is -2.38. The number of fused-ring (bicyclic) bond motifs is 2. The van der Waals surface area contributed by atoms with Crippen LogP contribution in [0.25, 0.3) is 0 Å². The Bertz CT molecular complexity index is 1110. The van der Waals surface area contributed by atoms with Gasteiger partial charge >= 0.3 is 0 Å². The van der Waals surface area contributed by atoms with Gasteiger partial charge in [0.25, 0.3) is 0 Å². The van der Waals surface area contributed by atoms with Crippen molar-refractivity contribution in [1.29, 1.82) is 0 Å². The molecule has 0 aromatic heterocycles. The van der Waals surface area contributed by atoms with Crippen LogP contribution in [0.4, 0.5) is 11.4 Å². The molecule has 1 aliphatic carbocycles. The lowest BCUT2D eigenvalue weighted by molar-refractivity contribution is 0.0843. The second-order valence-corrected chi connectivity index (χ2v) is 10.4. The molecule has 0 radical (unpaired) electrons. The number of hydrogen-bond acceptors (Lipinski definition) is 10. The minimum absolute atomic E-state index is 0.181. The van der Waals surface area contributed by atoms with E-state index in [4.69, 9.17) is 0 Å². The highest BCUT2D eigenvalue weighted by Crippen LogP contribution is 2.42. The van der Waals surface area contributed by atoms with E-state index in [1.165, 1.54) is 12.1 Å². The second-order valence-electron chi connectivity index (χ2n) is 10.4. The van der Waals surface area contributed by atoms with Crippen LogP contribution in [0.2, 0.25) is 0 Å². The largest absolute Gasteiger partial charge is 0.507 e. The molecular formula is C28H36N4O6. The Morgan fingerprint density at radius 1 is 0.632 bits per heavy atom. The van der Waals surface area contributed by atoms with Crippen molar-refractivity contribution < 1.29 is 30.0 Å². The van der Waals surface area contributed by atoms with E-state index in [0.717, 1.165) is 65.0 Å². The van der Waals surface area contributed by atoms with Crippen LogP contribution in [0.5, 0.6) is 11.5 Å². The van der Waals surface area contributed by atoms with Gasteiger partial charge in [0, 0.05) is 63.7 Å². The first-order valence-electron chi connectivity index (χ1n) is 13.4. The van der Waals surface area contributed by atoms with Gasteiger partial charge in [-0.1, -0.05) is 0 Å². The number of ketones is 2. The molecule has 0 atom stereocenters. The quantitative estimate of drug-likeness (QED) is 0.240. The summed E-state index contributed by atoms with van der Waals surface area (Å²) in [5.74, 6) is -1.71. The number of anilines is 2. The summed E-state index contributed by atoms with van der Waals surface area (Å²) in [6, 6.07) is 5.99. The van der Waals surface area contributed by atoms with Crippen LogP contribution < -0.4 is 10.6 Å². The van der Waals surface area contributed by atoms with Gasteiger partial charge in [-0.3, -0.25) is 9.59 Å². The molecule has 2 aromatic rings. The number of carbonyl (C=O) groups excluding carboxylic acids is 2. The average molecular weight is 525 g/mol. The first-order chi connectivity index (χ1) is 18.3. The minimum Gasteiger partial charge on any atom is -0.507 e. The van der Waals surface area contributed by atoms with Crippen molar-refractivity contribution in [2.24, 2.45) is 0 Å². The van der Waals surface area contributed by atoms with Gasteiger partial charge in [-0.2, -0.15) is 0 Å². The topological polar surface area (TPSA) is 146 Å². The lowest BCUT2D eigenvalue weighted by Gasteiger charge is -2.30. The smallest absolute Gasteiger partial charge is 0.200 e. The fraction of sp³-hybridized carbons (Fsp3) is 0.500. The zero-order valence-electron chi connectivity index (χ0n) is 21.4. The number of likely N-dealkylation sites (tertiary alicyclic amines) is 2. The summed E-state index contributed by atoms with van der Waals surface area (Å²) in [5.41, 5.74) is 1.00. The number of nitrogens with one attached hydrogen (secondary N) is 2. The van der Waals surface area contributed by atoms with Crippen LogP contribution in [0.15, 0.2) is 24.3 Å². The Kier molecular flexibility index (Phi) is 7.85. The van der Waals surface area contributed by atoms with E-state index in [0.29, 0.717) is 24.5 Å². The normalized spacial score (nSPS) is 19.3. The second kappa shape index (κ2) is 11.3. The summed E-state index contributed by atoms with van der Waals surface area (Å²) in [5, 5.41) is 47.0. The molecule has 2 heterocycles. The van der Waals surface area contributed by atoms with Gasteiger partial charge in [0.05, 0.1) is 34.5 Å². The third kappa shape index (κ3) is 5.35. The summed E-state index contributed by atoms with van der Waals surface area (Å²) in [7, 11) is 0. The fourth-order valence-electron chi connectivity index (χ4n) is 5.64. The van der Waals surface area contributed by atoms with E-state index in [9.17, 15) is 30.0 Å². The number of aliphatic hydroxyl groups is 2. The molecule has 2 fully saturated rings. The molecule has 0 spiro atoms. The van der Waals surface area contributed by atoms with Crippen molar-refractivity contribution in [3.05, 3.63) is 46.5 Å². The number of hydrogen-bond donors (Lipinski definition) is 6. The molecular weight excluding hydrogens is 488 g/mol. The average Bonchev–Trinajstić information content (AvgIpc) is 2.91. The van der Waals surface area contributed by atoms with Crippen LogP contribution in [-0.2, 0) is 0 Å². The van der Waals surface area contributed by atoms with Crippen molar-refractivity contribution in [1.82, 2.24) is 9.80 Å². The van der Waals surface area contributed by atoms with Gasteiger partial charge < -0.3 is 40.9 Å². The van der Waals surface area contributed by atoms with E-state index < -0.39 is 11.6 Å². The van der Waals surface area contributed by atoms with E-state index >= 15 is 0 Å². The van der Waals surface area contributed by atoms with Crippen molar-refractivity contribution in [2.75, 3.05) is 63.0 Å². The molecule has 6 N–H and O–H groups in total. The molecule has 3 aliphatic rings. The Hall–Kier alpha value is -3.18. The lowest BCUT2D eigenvalue weighted by atomic mass is 9.81. The van der Waals surface area contributed by atoms with Gasteiger partial charge in [0.15, 0.2) is 0 Å². The predicted molar refractivity (Wildman–Crippen MR) is 143 cm³/mol. The SMILES string of the molecule is O=C1c2c(O)ccc(O)c2C(=O)c2c(NCCN3CCC(O)CC3)ccc(NCCN3CCC(O)CC3)c21. The number of phenols is 2. The third-order valence-corrected chi connectivity index (χ3v) is 7.88. The van der Waals surface area contributed by atoms with Crippen molar-refractivity contribution >= 4 is 22.9 Å². The zero-order chi connectivity index (χ0) is 26.8. The van der Waals surface area contributed by atoms with Crippen LogP contribution in [-0.4, -0.2) is 106 Å². The molecule has 10 nitrogen and oxygen atoms in total. The van der Waals surface area contributed by atoms with Crippen molar-refractivity contribution in [3.63, 3.8) is 0 Å². The van der Waals surface area contributed by atoms with Gasteiger partial charge in [0.2, 0.25) is 11.6 Å². The Labute approximate surface area is 221 Å². The molecule has 2 saturated heterocycles. The van der Waals surface area contributed by atoms with Crippen molar-refractivity contribution in [3.8, 4) is 11.5 Å². The maximum atomic E-state index is 13.7. The molecule has 0 saturated carbocycles. The predicted octanol–water partition coefficient (Wildman–Crippen LogP) is 1.61. The first-order valence-corrected chi connectivity index (χ1v) is 13.4. The Morgan fingerprint density at radius 3 is 1.37 bits per heavy atom. The zero-order valence-corrected chi connectivity index (χ0v) is 21.4. The number of piperidine rings is 2. The van der Waals surface area contributed by atoms with Gasteiger partial charge in [-0.25, -0.2) is 0 Å². The molecule has 0 unspecified atom stereocenters. The number of phenolic OH excluding ortho intramolecular Hbond substituents is 2. The number of rotatable bonds is 8.